The monoisotopic (exact) mass is 445 g/mol. The maximum atomic E-state index is 13.9. The van der Waals surface area contributed by atoms with Crippen LogP contribution in [0.2, 0.25) is 0 Å². The average molecular weight is 445 g/mol. The van der Waals surface area contributed by atoms with Crippen LogP contribution in [0.15, 0.2) is 77.4 Å². The number of nitrogens with one attached hydrogen (secondary N) is 1. The predicted octanol–water partition coefficient (Wildman–Crippen LogP) is 6.69. The number of ether oxygens (including phenoxy) is 2. The lowest BCUT2D eigenvalue weighted by Gasteiger charge is -2.12. The summed E-state index contributed by atoms with van der Waals surface area (Å²) in [5.41, 5.74) is 4.07. The first kappa shape index (κ1) is 22.1. The molecule has 0 aliphatic heterocycles. The number of benzene rings is 3. The number of fused-ring (bicyclic) bond motifs is 1. The molecule has 4 aromatic rings. The predicted molar refractivity (Wildman–Crippen MR) is 128 cm³/mol. The smallest absolute Gasteiger partial charge is 0.248 e. The van der Waals surface area contributed by atoms with Gasteiger partial charge in [0.2, 0.25) is 5.91 Å². The van der Waals surface area contributed by atoms with Crippen molar-refractivity contribution in [2.24, 2.45) is 0 Å². The minimum absolute atomic E-state index is 0.127. The lowest BCUT2D eigenvalue weighted by molar-refractivity contribution is -0.111. The summed E-state index contributed by atoms with van der Waals surface area (Å²) in [4.78, 5) is 12.6. The molecular formula is C27H24FNO4. The van der Waals surface area contributed by atoms with Crippen molar-refractivity contribution in [3.63, 3.8) is 0 Å². The van der Waals surface area contributed by atoms with Crippen LogP contribution in [-0.4, -0.2) is 19.6 Å². The van der Waals surface area contributed by atoms with Gasteiger partial charge < -0.3 is 19.2 Å². The Morgan fingerprint density at radius 1 is 1.12 bits per heavy atom. The molecule has 0 fully saturated rings. The highest BCUT2D eigenvalue weighted by atomic mass is 19.1. The van der Waals surface area contributed by atoms with Gasteiger partial charge in [-0.15, -0.1) is 0 Å². The number of anilines is 1. The van der Waals surface area contributed by atoms with Crippen molar-refractivity contribution in [1.82, 2.24) is 0 Å². The molecule has 5 nitrogen and oxygen atoms in total. The number of carbonyl (C=O) groups is 1. The zero-order valence-corrected chi connectivity index (χ0v) is 18.6. The van der Waals surface area contributed by atoms with Crippen LogP contribution < -0.4 is 14.8 Å². The van der Waals surface area contributed by atoms with E-state index in [2.05, 4.69) is 5.32 Å². The number of hydrogen-bond acceptors (Lipinski definition) is 4. The number of hydrogen-bond donors (Lipinski definition) is 1. The van der Waals surface area contributed by atoms with E-state index in [9.17, 15) is 9.18 Å². The van der Waals surface area contributed by atoms with Gasteiger partial charge in [0.15, 0.2) is 0 Å². The maximum Gasteiger partial charge on any atom is 0.248 e. The summed E-state index contributed by atoms with van der Waals surface area (Å²) < 4.78 is 30.9. The Labute approximate surface area is 191 Å². The molecule has 0 spiro atoms. The van der Waals surface area contributed by atoms with Gasteiger partial charge in [0, 0.05) is 28.7 Å². The molecule has 0 aliphatic carbocycles. The van der Waals surface area contributed by atoms with Crippen molar-refractivity contribution >= 4 is 28.1 Å². The molecule has 33 heavy (non-hydrogen) atoms. The Morgan fingerprint density at radius 3 is 2.70 bits per heavy atom. The van der Waals surface area contributed by atoms with Gasteiger partial charge in [0.25, 0.3) is 0 Å². The van der Waals surface area contributed by atoms with E-state index in [0.29, 0.717) is 23.5 Å². The molecule has 0 bridgehead atoms. The van der Waals surface area contributed by atoms with Gasteiger partial charge in [0.05, 0.1) is 25.7 Å². The standard InChI is InChI=1S/C27H24FNO4/c1-4-32-25-15-26-21(22(16-33-26)18-8-7-9-19(13-18)31-3)14-20(25)17(2)12-27(30)29-24-11-6-5-10-23(24)28/h5-16H,4H2,1-3H3,(H,29,30)/b17-12+. The summed E-state index contributed by atoms with van der Waals surface area (Å²) in [6.45, 7) is 4.16. The molecule has 168 valence electrons. The molecule has 1 heterocycles. The van der Waals surface area contributed by atoms with Gasteiger partial charge in [-0.25, -0.2) is 4.39 Å². The SMILES string of the molecule is CCOc1cc2occ(-c3cccc(OC)c3)c2cc1/C(C)=C/C(=O)Nc1ccccc1F. The number of para-hydroxylation sites is 1. The summed E-state index contributed by atoms with van der Waals surface area (Å²) in [5.74, 6) is 0.424. The Morgan fingerprint density at radius 2 is 1.94 bits per heavy atom. The summed E-state index contributed by atoms with van der Waals surface area (Å²) in [7, 11) is 1.62. The van der Waals surface area contributed by atoms with Gasteiger partial charge in [-0.1, -0.05) is 24.3 Å². The van der Waals surface area contributed by atoms with Crippen molar-refractivity contribution in [2.45, 2.75) is 13.8 Å². The van der Waals surface area contributed by atoms with E-state index in [1.54, 1.807) is 25.5 Å². The lowest BCUT2D eigenvalue weighted by Crippen LogP contribution is -2.10. The maximum absolute atomic E-state index is 13.9. The number of allylic oxidation sites excluding steroid dienone is 1. The van der Waals surface area contributed by atoms with Gasteiger partial charge in [-0.3, -0.25) is 4.79 Å². The van der Waals surface area contributed by atoms with E-state index < -0.39 is 11.7 Å². The fraction of sp³-hybridized carbons (Fsp3) is 0.148. The fourth-order valence-corrected chi connectivity index (χ4v) is 3.66. The summed E-state index contributed by atoms with van der Waals surface area (Å²) in [6.07, 6.45) is 3.13. The average Bonchev–Trinajstić information content (AvgIpc) is 3.23. The second kappa shape index (κ2) is 9.61. The molecule has 0 saturated carbocycles. The van der Waals surface area contributed by atoms with E-state index in [0.717, 1.165) is 27.8 Å². The molecule has 1 aromatic heterocycles. The first-order valence-electron chi connectivity index (χ1n) is 10.6. The molecule has 4 rings (SSSR count). The molecule has 6 heteroatoms. The molecule has 0 atom stereocenters. The van der Waals surface area contributed by atoms with Gasteiger partial charge in [-0.2, -0.15) is 0 Å². The third-order valence-corrected chi connectivity index (χ3v) is 5.26. The lowest BCUT2D eigenvalue weighted by atomic mass is 9.99. The minimum Gasteiger partial charge on any atom is -0.497 e. The number of methoxy groups -OCH3 is 1. The third kappa shape index (κ3) is 4.75. The first-order chi connectivity index (χ1) is 16.0. The van der Waals surface area contributed by atoms with E-state index >= 15 is 0 Å². The molecular weight excluding hydrogens is 421 g/mol. The van der Waals surface area contributed by atoms with Crippen molar-refractivity contribution in [3.05, 3.63) is 84.4 Å². The summed E-state index contributed by atoms with van der Waals surface area (Å²) in [6, 6.07) is 17.5. The Balaban J connectivity index is 1.74. The molecule has 0 saturated heterocycles. The topological polar surface area (TPSA) is 60.7 Å². The number of rotatable bonds is 7. The van der Waals surface area contributed by atoms with Crippen LogP contribution in [-0.2, 0) is 4.79 Å². The van der Waals surface area contributed by atoms with Crippen LogP contribution in [0.5, 0.6) is 11.5 Å². The quantitative estimate of drug-likeness (QED) is 0.322. The molecule has 0 radical (unpaired) electrons. The number of amides is 1. The van der Waals surface area contributed by atoms with E-state index in [1.165, 1.54) is 18.2 Å². The highest BCUT2D eigenvalue weighted by Gasteiger charge is 2.16. The van der Waals surface area contributed by atoms with Gasteiger partial charge >= 0.3 is 0 Å². The highest BCUT2D eigenvalue weighted by molar-refractivity contribution is 6.05. The van der Waals surface area contributed by atoms with Crippen LogP contribution in [0.1, 0.15) is 19.4 Å². The Bertz CT molecular complexity index is 1340. The molecule has 3 aromatic carbocycles. The van der Waals surface area contributed by atoms with Crippen LogP contribution in [0.4, 0.5) is 10.1 Å². The van der Waals surface area contributed by atoms with E-state index in [-0.39, 0.29) is 5.69 Å². The van der Waals surface area contributed by atoms with Gasteiger partial charge in [-0.05, 0) is 55.3 Å². The minimum atomic E-state index is -0.491. The Hall–Kier alpha value is -4.06. The molecule has 0 aliphatic rings. The van der Waals surface area contributed by atoms with Crippen LogP contribution in [0.25, 0.3) is 27.7 Å². The highest BCUT2D eigenvalue weighted by Crippen LogP contribution is 2.38. The zero-order chi connectivity index (χ0) is 23.4. The van der Waals surface area contributed by atoms with Crippen molar-refractivity contribution in [3.8, 4) is 22.6 Å². The van der Waals surface area contributed by atoms with Crippen LogP contribution >= 0.6 is 0 Å². The van der Waals surface area contributed by atoms with Crippen LogP contribution in [0, 0.1) is 5.82 Å². The number of halogens is 1. The number of carbonyl (C=O) groups excluding carboxylic acids is 1. The number of furan rings is 1. The van der Waals surface area contributed by atoms with Crippen LogP contribution in [0.3, 0.4) is 0 Å². The Kier molecular flexibility index (Phi) is 6.45. The van der Waals surface area contributed by atoms with Gasteiger partial charge in [0.1, 0.15) is 22.9 Å². The summed E-state index contributed by atoms with van der Waals surface area (Å²) in [5, 5.41) is 3.46. The van der Waals surface area contributed by atoms with E-state index in [4.69, 9.17) is 13.9 Å². The largest absolute Gasteiger partial charge is 0.497 e. The fourth-order valence-electron chi connectivity index (χ4n) is 3.66. The normalized spacial score (nSPS) is 11.5. The van der Waals surface area contributed by atoms with Crippen molar-refractivity contribution in [2.75, 3.05) is 19.0 Å². The zero-order valence-electron chi connectivity index (χ0n) is 18.6. The second-order valence-corrected chi connectivity index (χ2v) is 7.46. The van der Waals surface area contributed by atoms with Crippen molar-refractivity contribution in [1.29, 1.82) is 0 Å². The van der Waals surface area contributed by atoms with E-state index in [1.807, 2.05) is 50.2 Å². The second-order valence-electron chi connectivity index (χ2n) is 7.46. The molecule has 1 amide bonds. The summed E-state index contributed by atoms with van der Waals surface area (Å²) >= 11 is 0. The first-order valence-corrected chi connectivity index (χ1v) is 10.6. The third-order valence-electron chi connectivity index (χ3n) is 5.26. The molecule has 0 unspecified atom stereocenters. The van der Waals surface area contributed by atoms with Crippen molar-refractivity contribution < 1.29 is 23.1 Å². The molecule has 1 N–H and O–H groups in total.